The fourth-order valence-electron chi connectivity index (χ4n) is 5.57. The van der Waals surface area contributed by atoms with Crippen LogP contribution in [-0.2, 0) is 35.3 Å². The molecule has 1 aliphatic heterocycles. The number of alkyl halides is 3. The molecule has 43 heavy (non-hydrogen) atoms. The Kier molecular flexibility index (Phi) is 9.75. The summed E-state index contributed by atoms with van der Waals surface area (Å²) in [5.41, 5.74) is 8.51. The molecule has 4 rings (SSSR count). The van der Waals surface area contributed by atoms with Crippen LogP contribution in [0.4, 0.5) is 24.5 Å². The van der Waals surface area contributed by atoms with E-state index < -0.39 is 40.4 Å². The molecule has 234 valence electrons. The van der Waals surface area contributed by atoms with Crippen molar-refractivity contribution in [3.8, 4) is 0 Å². The zero-order chi connectivity index (χ0) is 31.9. The van der Waals surface area contributed by atoms with E-state index in [1.165, 1.54) is 17.4 Å². The van der Waals surface area contributed by atoms with Gasteiger partial charge < -0.3 is 20.7 Å². The van der Waals surface area contributed by atoms with Gasteiger partial charge in [-0.15, -0.1) is 15.6 Å². The number of carboxylic acids is 1. The van der Waals surface area contributed by atoms with Crippen molar-refractivity contribution in [1.29, 1.82) is 0 Å². The first-order valence-electron chi connectivity index (χ1n) is 14.3. The maximum Gasteiger partial charge on any atom is 0.416 e. The Hall–Kier alpha value is -2.80. The lowest BCUT2D eigenvalue weighted by Gasteiger charge is -2.31. The predicted octanol–water partition coefficient (Wildman–Crippen LogP) is 7.14. The van der Waals surface area contributed by atoms with Gasteiger partial charge in [0, 0.05) is 29.6 Å². The Morgan fingerprint density at radius 2 is 1.95 bits per heavy atom. The van der Waals surface area contributed by atoms with Crippen LogP contribution >= 0.6 is 11.3 Å². The van der Waals surface area contributed by atoms with Crippen LogP contribution in [0.15, 0.2) is 35.2 Å². The second-order valence-corrected chi connectivity index (χ2v) is 14.3. The third-order valence-electron chi connectivity index (χ3n) is 8.36. The monoisotopic (exact) mass is 636 g/mol. The van der Waals surface area contributed by atoms with Crippen molar-refractivity contribution in [3.05, 3.63) is 68.2 Å². The molecule has 0 fully saturated rings. The molecule has 2 unspecified atom stereocenters. The normalized spacial score (nSPS) is 18.7. The highest BCUT2D eigenvalue weighted by molar-refractivity contribution is 7.89. The summed E-state index contributed by atoms with van der Waals surface area (Å²) in [5, 5.41) is 14.1. The number of thiazole rings is 1. The van der Waals surface area contributed by atoms with Gasteiger partial charge in [-0.05, 0) is 70.2 Å². The van der Waals surface area contributed by atoms with Crippen molar-refractivity contribution in [2.24, 2.45) is 11.3 Å². The van der Waals surface area contributed by atoms with Gasteiger partial charge in [0.2, 0.25) is 0 Å². The molecule has 1 aromatic heterocycles. The molecular formula is C31H39F3N4O3S2. The quantitative estimate of drug-likeness (QED) is 0.169. The minimum Gasteiger partial charge on any atom is -0.593 e. The van der Waals surface area contributed by atoms with Crippen LogP contribution in [0, 0.1) is 25.2 Å². The molecule has 0 saturated carbocycles. The molecule has 0 radical (unpaired) electrons. The Labute approximate surface area is 258 Å². The minimum absolute atomic E-state index is 0.0971. The number of aryl methyl sites for hydroxylation is 1. The third kappa shape index (κ3) is 6.67. The van der Waals surface area contributed by atoms with Crippen LogP contribution in [0.5, 0.6) is 0 Å². The Bertz CT molecular complexity index is 1490. The number of carboxylic acid groups (broad SMARTS) is 1. The molecule has 0 bridgehead atoms. The smallest absolute Gasteiger partial charge is 0.416 e. The van der Waals surface area contributed by atoms with E-state index in [1.54, 1.807) is 18.2 Å². The fourth-order valence-corrected chi connectivity index (χ4v) is 8.28. The number of nitrogen functional groups attached to an aromatic ring is 1. The highest BCUT2D eigenvalue weighted by atomic mass is 32.2. The SMILES string of the molecule is CCNc1ccc(C(c2nc(CN3C[C@@H](CC)Cc4ccc(C(F)(F)F)cc4[S+]3[O-])c(C)s2)C(C)(C)C(=O)O)c(C)c1N. The van der Waals surface area contributed by atoms with E-state index in [0.717, 1.165) is 40.2 Å². The summed E-state index contributed by atoms with van der Waals surface area (Å²) in [6.07, 6.45) is -3.24. The summed E-state index contributed by atoms with van der Waals surface area (Å²) < 4.78 is 56.1. The number of halogens is 3. The average molecular weight is 637 g/mol. The molecular weight excluding hydrogens is 597 g/mol. The van der Waals surface area contributed by atoms with E-state index in [9.17, 15) is 27.6 Å². The fraction of sp³-hybridized carbons (Fsp3) is 0.484. The van der Waals surface area contributed by atoms with Crippen LogP contribution in [0.25, 0.3) is 0 Å². The lowest BCUT2D eigenvalue weighted by Crippen LogP contribution is -2.34. The van der Waals surface area contributed by atoms with Crippen molar-refractivity contribution in [3.63, 3.8) is 0 Å². The van der Waals surface area contributed by atoms with Crippen molar-refractivity contribution in [2.75, 3.05) is 24.1 Å². The average Bonchev–Trinajstić information content (AvgIpc) is 3.22. The molecule has 2 heterocycles. The minimum atomic E-state index is -4.54. The van der Waals surface area contributed by atoms with E-state index in [0.29, 0.717) is 41.5 Å². The zero-order valence-corrected chi connectivity index (χ0v) is 26.9. The van der Waals surface area contributed by atoms with Crippen LogP contribution in [-0.4, -0.2) is 38.0 Å². The number of anilines is 2. The number of benzene rings is 2. The van der Waals surface area contributed by atoms with Crippen LogP contribution < -0.4 is 11.1 Å². The number of hydrogen-bond donors (Lipinski definition) is 3. The number of aliphatic carboxylic acids is 1. The number of hydrogen-bond acceptors (Lipinski definition) is 7. The number of fused-ring (bicyclic) bond motifs is 1. The Balaban J connectivity index is 1.76. The largest absolute Gasteiger partial charge is 0.593 e. The molecule has 7 nitrogen and oxygen atoms in total. The molecule has 3 atom stereocenters. The van der Waals surface area contributed by atoms with Gasteiger partial charge in [0.25, 0.3) is 0 Å². The molecule has 0 aliphatic carbocycles. The lowest BCUT2D eigenvalue weighted by molar-refractivity contribution is -0.147. The van der Waals surface area contributed by atoms with E-state index in [4.69, 9.17) is 10.7 Å². The second kappa shape index (κ2) is 12.7. The highest BCUT2D eigenvalue weighted by Gasteiger charge is 2.43. The Morgan fingerprint density at radius 1 is 1.26 bits per heavy atom. The van der Waals surface area contributed by atoms with E-state index >= 15 is 0 Å². The first kappa shape index (κ1) is 33.1. The molecule has 4 N–H and O–H groups in total. The summed E-state index contributed by atoms with van der Waals surface area (Å²) in [6, 6.07) is 7.25. The van der Waals surface area contributed by atoms with Crippen LogP contribution in [0.3, 0.4) is 0 Å². The first-order chi connectivity index (χ1) is 20.1. The van der Waals surface area contributed by atoms with Gasteiger partial charge in [-0.2, -0.15) is 13.2 Å². The van der Waals surface area contributed by atoms with Crippen molar-refractivity contribution in [2.45, 2.75) is 77.9 Å². The van der Waals surface area contributed by atoms with Gasteiger partial charge in [0.15, 0.2) is 4.90 Å². The summed E-state index contributed by atoms with van der Waals surface area (Å²) >= 11 is -0.461. The molecule has 0 spiro atoms. The van der Waals surface area contributed by atoms with Gasteiger partial charge in [0.05, 0.1) is 51.9 Å². The number of aromatic nitrogens is 1. The summed E-state index contributed by atoms with van der Waals surface area (Å²) in [5.74, 6) is -1.52. The maximum absolute atomic E-state index is 13.8. The molecule has 3 aromatic rings. The zero-order valence-electron chi connectivity index (χ0n) is 25.3. The Morgan fingerprint density at radius 3 is 2.56 bits per heavy atom. The molecule has 1 aliphatic rings. The second-order valence-electron chi connectivity index (χ2n) is 11.7. The van der Waals surface area contributed by atoms with Crippen molar-refractivity contribution >= 4 is 40.0 Å². The first-order valence-corrected chi connectivity index (χ1v) is 16.2. The van der Waals surface area contributed by atoms with Gasteiger partial charge in [-0.25, -0.2) is 4.98 Å². The van der Waals surface area contributed by atoms with Crippen molar-refractivity contribution in [1.82, 2.24) is 9.29 Å². The van der Waals surface area contributed by atoms with E-state index in [-0.39, 0.29) is 17.4 Å². The van der Waals surface area contributed by atoms with Crippen molar-refractivity contribution < 1.29 is 27.6 Å². The number of carbonyl (C=O) groups is 1. The van der Waals surface area contributed by atoms with Crippen LogP contribution in [0.2, 0.25) is 0 Å². The maximum atomic E-state index is 13.8. The molecule has 0 amide bonds. The number of rotatable bonds is 9. The molecule has 12 heteroatoms. The summed E-state index contributed by atoms with van der Waals surface area (Å²) in [6.45, 7) is 12.3. The highest BCUT2D eigenvalue weighted by Crippen LogP contribution is 2.46. The predicted molar refractivity (Wildman–Crippen MR) is 166 cm³/mol. The standard InChI is InChI=1S/C31H39F3N4O3S2/c1-7-19-13-20-9-10-21(31(32,33)34)14-25(20)43(41)38(15-19)16-24-18(4)42-28(37-24)26(30(5,6)29(39)40)22-11-12-23(36-8-2)27(35)17(22)3/h9-12,14,19,26,36H,7-8,13,15-16,35H2,1-6H3,(H,39,40)/t19-,26?,43?/m0/s1. The van der Waals surface area contributed by atoms with Gasteiger partial charge in [-0.3, -0.25) is 4.79 Å². The summed E-state index contributed by atoms with van der Waals surface area (Å²) in [7, 11) is 0. The third-order valence-corrected chi connectivity index (χ3v) is 10.9. The lowest BCUT2D eigenvalue weighted by atomic mass is 9.73. The summed E-state index contributed by atoms with van der Waals surface area (Å²) in [4.78, 5) is 18.5. The van der Waals surface area contributed by atoms with E-state index in [2.05, 4.69) is 5.32 Å². The van der Waals surface area contributed by atoms with Gasteiger partial charge >= 0.3 is 12.1 Å². The van der Waals surface area contributed by atoms with Gasteiger partial charge in [-0.1, -0.05) is 25.5 Å². The number of nitrogens with one attached hydrogen (secondary N) is 1. The van der Waals surface area contributed by atoms with E-state index in [1.807, 2.05) is 39.8 Å². The molecule has 2 aromatic carbocycles. The van der Waals surface area contributed by atoms with Crippen LogP contribution in [0.1, 0.15) is 77.9 Å². The number of nitrogens with zero attached hydrogens (tertiary/aromatic N) is 2. The topological polar surface area (TPSA) is 115 Å². The van der Waals surface area contributed by atoms with Gasteiger partial charge in [0.1, 0.15) is 5.01 Å². The number of nitrogens with two attached hydrogens (primary N) is 1. The molecule has 0 saturated heterocycles.